The van der Waals surface area contributed by atoms with Gasteiger partial charge in [-0.25, -0.2) is 18.0 Å². The van der Waals surface area contributed by atoms with Crippen LogP contribution in [0.3, 0.4) is 0 Å². The fourth-order valence-corrected chi connectivity index (χ4v) is 2.90. The summed E-state index contributed by atoms with van der Waals surface area (Å²) in [6.45, 7) is 10.2. The van der Waals surface area contributed by atoms with E-state index in [-0.39, 0.29) is 11.3 Å². The maximum atomic E-state index is 12.5. The first-order valence-electron chi connectivity index (χ1n) is 8.33. The van der Waals surface area contributed by atoms with Crippen LogP contribution in [0.5, 0.6) is 0 Å². The van der Waals surface area contributed by atoms with Crippen LogP contribution in [-0.2, 0) is 29.7 Å². The van der Waals surface area contributed by atoms with Gasteiger partial charge in [-0.2, -0.15) is 0 Å². The van der Waals surface area contributed by atoms with Gasteiger partial charge in [-0.3, -0.25) is 0 Å². The monoisotopic (exact) mass is 419 g/mol. The van der Waals surface area contributed by atoms with Crippen LogP contribution < -0.4 is 5.32 Å². The Hall–Kier alpha value is -1.80. The molecule has 27 heavy (non-hydrogen) atoms. The summed E-state index contributed by atoms with van der Waals surface area (Å²) in [5.41, 5.74) is -1.01. The van der Waals surface area contributed by atoms with Gasteiger partial charge in [0.15, 0.2) is 0 Å². The number of alkyl carbamates (subject to hydrolysis) is 1. The molecule has 1 aromatic rings. The maximum Gasteiger partial charge on any atom is 0.408 e. The van der Waals surface area contributed by atoms with Gasteiger partial charge < -0.3 is 14.8 Å². The molecule has 0 heterocycles. The molecule has 1 rings (SSSR count). The number of nitrogens with one attached hydrogen (secondary N) is 1. The summed E-state index contributed by atoms with van der Waals surface area (Å²) in [5, 5.41) is 2.48. The average molecular weight is 420 g/mol. The number of rotatable bonds is 5. The van der Waals surface area contributed by atoms with E-state index in [0.717, 1.165) is 0 Å². The highest BCUT2D eigenvalue weighted by Crippen LogP contribution is 2.18. The lowest BCUT2D eigenvalue weighted by atomic mass is 10.1. The number of halogens is 1. The van der Waals surface area contributed by atoms with E-state index < -0.39 is 38.4 Å². The van der Waals surface area contributed by atoms with Gasteiger partial charge in [0.25, 0.3) is 9.05 Å². The fourth-order valence-electron chi connectivity index (χ4n) is 2.08. The molecule has 1 amide bonds. The SMILES string of the molecule is CC(C)(C)OC(=O)N[C@@H](Cc1cccc(S(=O)(=O)Cl)c1)C(=O)OC(C)(C)C. The van der Waals surface area contributed by atoms with E-state index in [1.807, 2.05) is 0 Å². The zero-order valence-electron chi connectivity index (χ0n) is 16.3. The zero-order chi connectivity index (χ0) is 21.0. The summed E-state index contributed by atoms with van der Waals surface area (Å²) in [5.74, 6) is -0.660. The smallest absolute Gasteiger partial charge is 0.408 e. The Labute approximate surface area is 164 Å². The first-order valence-corrected chi connectivity index (χ1v) is 10.6. The highest BCUT2D eigenvalue weighted by atomic mass is 35.7. The van der Waals surface area contributed by atoms with Gasteiger partial charge in [0, 0.05) is 17.1 Å². The number of amides is 1. The topological polar surface area (TPSA) is 98.8 Å². The molecular weight excluding hydrogens is 394 g/mol. The lowest BCUT2D eigenvalue weighted by molar-refractivity contribution is -0.157. The van der Waals surface area contributed by atoms with E-state index in [2.05, 4.69) is 5.32 Å². The van der Waals surface area contributed by atoms with Gasteiger partial charge in [-0.1, -0.05) is 12.1 Å². The first kappa shape index (κ1) is 23.2. The van der Waals surface area contributed by atoms with Gasteiger partial charge in [0.2, 0.25) is 0 Å². The van der Waals surface area contributed by atoms with Gasteiger partial charge in [-0.15, -0.1) is 0 Å². The predicted octanol–water partition coefficient (Wildman–Crippen LogP) is 3.39. The summed E-state index contributed by atoms with van der Waals surface area (Å²) in [6, 6.07) is 4.75. The molecule has 0 unspecified atom stereocenters. The van der Waals surface area contributed by atoms with Crippen LogP contribution in [0.4, 0.5) is 4.79 Å². The maximum absolute atomic E-state index is 12.5. The van der Waals surface area contributed by atoms with Crippen LogP contribution in [-0.4, -0.2) is 37.7 Å². The van der Waals surface area contributed by atoms with Crippen molar-refractivity contribution in [1.29, 1.82) is 0 Å². The van der Waals surface area contributed by atoms with Crippen LogP contribution in [0.2, 0.25) is 0 Å². The summed E-state index contributed by atoms with van der Waals surface area (Å²) in [4.78, 5) is 24.5. The number of hydrogen-bond acceptors (Lipinski definition) is 6. The molecule has 0 radical (unpaired) electrons. The van der Waals surface area contributed by atoms with Gasteiger partial charge in [0.05, 0.1) is 4.90 Å². The minimum atomic E-state index is -3.91. The van der Waals surface area contributed by atoms with Crippen molar-refractivity contribution in [3.63, 3.8) is 0 Å². The number of ether oxygens (including phenoxy) is 2. The summed E-state index contributed by atoms with van der Waals surface area (Å²) >= 11 is 0. The van der Waals surface area contributed by atoms with E-state index in [4.69, 9.17) is 20.2 Å². The largest absolute Gasteiger partial charge is 0.458 e. The van der Waals surface area contributed by atoms with E-state index in [1.54, 1.807) is 47.6 Å². The third-order valence-electron chi connectivity index (χ3n) is 3.00. The van der Waals surface area contributed by atoms with Crippen LogP contribution in [0.1, 0.15) is 47.1 Å². The molecular formula is C18H26ClNO6S. The molecule has 0 spiro atoms. The van der Waals surface area contributed by atoms with E-state index in [0.29, 0.717) is 5.56 Å². The van der Waals surface area contributed by atoms with Crippen LogP contribution >= 0.6 is 10.7 Å². The van der Waals surface area contributed by atoms with Crippen molar-refractivity contribution < 1.29 is 27.5 Å². The second-order valence-electron chi connectivity index (χ2n) is 8.02. The Morgan fingerprint density at radius 3 is 2.11 bits per heavy atom. The highest BCUT2D eigenvalue weighted by Gasteiger charge is 2.29. The molecule has 0 aliphatic carbocycles. The highest BCUT2D eigenvalue weighted by molar-refractivity contribution is 8.13. The molecule has 0 aliphatic rings. The number of benzene rings is 1. The molecule has 1 atom stereocenters. The van der Waals surface area contributed by atoms with Crippen molar-refractivity contribution >= 4 is 31.8 Å². The number of carbonyl (C=O) groups excluding carboxylic acids is 2. The lowest BCUT2D eigenvalue weighted by Crippen LogP contribution is -2.47. The van der Waals surface area contributed by atoms with Gasteiger partial charge in [-0.05, 0) is 59.2 Å². The molecule has 0 saturated carbocycles. The third kappa shape index (κ3) is 9.10. The van der Waals surface area contributed by atoms with Gasteiger partial charge >= 0.3 is 12.1 Å². The van der Waals surface area contributed by atoms with E-state index in [1.165, 1.54) is 18.2 Å². The molecule has 7 nitrogen and oxygen atoms in total. The summed E-state index contributed by atoms with van der Waals surface area (Å²) in [6.07, 6.45) is -0.770. The molecule has 152 valence electrons. The Balaban J connectivity index is 3.07. The minimum Gasteiger partial charge on any atom is -0.458 e. The van der Waals surface area contributed by atoms with Crippen LogP contribution in [0, 0.1) is 0 Å². The normalized spacial score (nSPS) is 13.6. The van der Waals surface area contributed by atoms with Crippen molar-refractivity contribution in [1.82, 2.24) is 5.32 Å². The first-order chi connectivity index (χ1) is 12.1. The Morgan fingerprint density at radius 1 is 1.07 bits per heavy atom. The van der Waals surface area contributed by atoms with Gasteiger partial charge in [0.1, 0.15) is 17.2 Å². The molecule has 9 heteroatoms. The second kappa shape index (κ2) is 8.48. The minimum absolute atomic E-state index is 0.00834. The lowest BCUT2D eigenvalue weighted by Gasteiger charge is -2.26. The van der Waals surface area contributed by atoms with Crippen molar-refractivity contribution in [2.75, 3.05) is 0 Å². The number of esters is 1. The number of hydrogen-bond donors (Lipinski definition) is 1. The molecule has 0 bridgehead atoms. The molecule has 1 aromatic carbocycles. The fraction of sp³-hybridized carbons (Fsp3) is 0.556. The van der Waals surface area contributed by atoms with Crippen molar-refractivity contribution in [2.24, 2.45) is 0 Å². The van der Waals surface area contributed by atoms with E-state index >= 15 is 0 Å². The number of carbonyl (C=O) groups is 2. The van der Waals surface area contributed by atoms with E-state index in [9.17, 15) is 18.0 Å². The third-order valence-corrected chi connectivity index (χ3v) is 4.35. The molecule has 0 saturated heterocycles. The summed E-state index contributed by atoms with van der Waals surface area (Å²) in [7, 11) is 1.45. The van der Waals surface area contributed by atoms with Crippen LogP contribution in [0.15, 0.2) is 29.2 Å². The van der Waals surface area contributed by atoms with Crippen LogP contribution in [0.25, 0.3) is 0 Å². The van der Waals surface area contributed by atoms with Crippen molar-refractivity contribution in [2.45, 2.75) is 70.1 Å². The second-order valence-corrected chi connectivity index (χ2v) is 10.6. The molecule has 0 aromatic heterocycles. The van der Waals surface area contributed by atoms with Crippen molar-refractivity contribution in [3.8, 4) is 0 Å². The molecule has 0 aliphatic heterocycles. The standard InChI is InChI=1S/C18H26ClNO6S/c1-17(2,3)25-15(21)14(20-16(22)26-18(4,5)6)11-12-8-7-9-13(10-12)27(19,23)24/h7-10,14H,11H2,1-6H3,(H,20,22)/t14-/m0/s1. The quantitative estimate of drug-likeness (QED) is 0.580. The predicted molar refractivity (Wildman–Crippen MR) is 102 cm³/mol. The average Bonchev–Trinajstić information content (AvgIpc) is 2.42. The Morgan fingerprint density at radius 2 is 1.63 bits per heavy atom. The Kier molecular flexibility index (Phi) is 7.30. The zero-order valence-corrected chi connectivity index (χ0v) is 17.9. The molecule has 1 N–H and O–H groups in total. The van der Waals surface area contributed by atoms with Crippen molar-refractivity contribution in [3.05, 3.63) is 29.8 Å². The molecule has 0 fully saturated rings. The Bertz CT molecular complexity index is 793. The summed E-state index contributed by atoms with van der Waals surface area (Å²) < 4.78 is 33.6.